The van der Waals surface area contributed by atoms with Crippen LogP contribution in [0.2, 0.25) is 0 Å². The maximum absolute atomic E-state index is 12.8. The molecule has 1 fully saturated rings. The molecule has 0 aliphatic carbocycles. The minimum absolute atomic E-state index is 0.269. The molecule has 7 nitrogen and oxygen atoms in total. The Morgan fingerprint density at radius 2 is 2.05 bits per heavy atom. The van der Waals surface area contributed by atoms with Crippen LogP contribution in [-0.4, -0.2) is 34.6 Å². The van der Waals surface area contributed by atoms with Crippen molar-refractivity contribution in [3.05, 3.63) is 34.2 Å². The third-order valence-corrected chi connectivity index (χ3v) is 3.62. The van der Waals surface area contributed by atoms with Crippen molar-refractivity contribution in [3.8, 4) is 0 Å². The molecule has 0 aromatic heterocycles. The van der Waals surface area contributed by atoms with Gasteiger partial charge in [0.1, 0.15) is 5.75 Å². The van der Waals surface area contributed by atoms with Gasteiger partial charge in [0.2, 0.25) is 0 Å². The van der Waals surface area contributed by atoms with Crippen LogP contribution in [0.3, 0.4) is 0 Å². The molecule has 1 heterocycles. The number of hydrogen-bond acceptors (Lipinski definition) is 5. The number of rotatable bonds is 4. The molecule has 0 spiro atoms. The zero-order chi connectivity index (χ0) is 14.6. The van der Waals surface area contributed by atoms with Gasteiger partial charge >= 0.3 is 10.2 Å². The lowest BCUT2D eigenvalue weighted by atomic mass is 10.1. The van der Waals surface area contributed by atoms with Crippen molar-refractivity contribution < 1.29 is 12.3 Å². The number of nitrogens with zero attached hydrogens (tertiary/aromatic N) is 4. The molecule has 1 saturated heterocycles. The van der Waals surface area contributed by atoms with E-state index in [4.69, 9.17) is 5.53 Å². The third-order valence-electron chi connectivity index (χ3n) is 2.94. The first-order chi connectivity index (χ1) is 9.48. The lowest BCUT2D eigenvalue weighted by molar-refractivity contribution is 0.551. The Labute approximate surface area is 116 Å². The van der Waals surface area contributed by atoms with Gasteiger partial charge in [-0.05, 0) is 29.3 Å². The number of halogens is 1. The molecule has 1 aliphatic rings. The lowest BCUT2D eigenvalue weighted by Crippen LogP contribution is -2.43. The number of hydrogen-bond donors (Lipinski definition) is 1. The SMILES string of the molecule is [N-]=[N+]=Nc1cc(CS(=O)(=O)F)cc(N2CCNCC2)c1. The fourth-order valence-electron chi connectivity index (χ4n) is 2.15. The summed E-state index contributed by atoms with van der Waals surface area (Å²) in [6.45, 7) is 3.12. The van der Waals surface area contributed by atoms with Crippen molar-refractivity contribution in [2.45, 2.75) is 5.75 Å². The van der Waals surface area contributed by atoms with Crippen LogP contribution in [0.1, 0.15) is 5.56 Å². The van der Waals surface area contributed by atoms with Crippen molar-refractivity contribution in [1.82, 2.24) is 5.32 Å². The minimum atomic E-state index is -4.62. The first-order valence-electron chi connectivity index (χ1n) is 6.05. The lowest BCUT2D eigenvalue weighted by Gasteiger charge is -2.30. The van der Waals surface area contributed by atoms with E-state index in [2.05, 4.69) is 15.3 Å². The van der Waals surface area contributed by atoms with E-state index in [0.717, 1.165) is 31.9 Å². The summed E-state index contributed by atoms with van der Waals surface area (Å²) in [6.07, 6.45) is 0. The molecule has 1 aromatic carbocycles. The van der Waals surface area contributed by atoms with Gasteiger partial charge in [-0.2, -0.15) is 8.42 Å². The Bertz CT molecular complexity index is 636. The number of anilines is 1. The first kappa shape index (κ1) is 14.6. The summed E-state index contributed by atoms with van der Waals surface area (Å²) in [5.74, 6) is -0.721. The van der Waals surface area contributed by atoms with Crippen LogP contribution in [-0.2, 0) is 16.0 Å². The molecule has 0 bridgehead atoms. The molecule has 1 N–H and O–H groups in total. The van der Waals surface area contributed by atoms with Gasteiger partial charge in [0.25, 0.3) is 0 Å². The van der Waals surface area contributed by atoms with E-state index >= 15 is 0 Å². The fourth-order valence-corrected chi connectivity index (χ4v) is 2.72. The molecule has 0 saturated carbocycles. The molecule has 2 rings (SSSR count). The highest BCUT2D eigenvalue weighted by Crippen LogP contribution is 2.26. The van der Waals surface area contributed by atoms with Gasteiger partial charge in [0.05, 0.1) is 0 Å². The summed E-state index contributed by atoms with van der Waals surface area (Å²) in [5, 5.41) is 6.67. The third kappa shape index (κ3) is 4.09. The standard InChI is InChI=1S/C11H14FN5O2S/c12-20(18,19)8-9-5-10(15-16-13)7-11(6-9)17-3-1-14-2-4-17/h5-7,14H,1-4,8H2. The highest BCUT2D eigenvalue weighted by Gasteiger charge is 2.15. The largest absolute Gasteiger partial charge is 0.369 e. The average molecular weight is 299 g/mol. The maximum Gasteiger partial charge on any atom is 0.306 e. The Morgan fingerprint density at radius 1 is 1.35 bits per heavy atom. The summed E-state index contributed by atoms with van der Waals surface area (Å²) in [5.41, 5.74) is 9.77. The van der Waals surface area contributed by atoms with Crippen LogP contribution in [0.15, 0.2) is 23.3 Å². The quantitative estimate of drug-likeness (QED) is 0.397. The van der Waals surface area contributed by atoms with E-state index in [-0.39, 0.29) is 11.3 Å². The van der Waals surface area contributed by atoms with E-state index in [1.165, 1.54) is 6.07 Å². The number of benzene rings is 1. The molecular weight excluding hydrogens is 285 g/mol. The van der Waals surface area contributed by atoms with Gasteiger partial charge in [-0.25, -0.2) is 0 Å². The molecule has 0 unspecified atom stereocenters. The molecule has 0 amide bonds. The van der Waals surface area contributed by atoms with Crippen LogP contribution in [0.4, 0.5) is 15.3 Å². The fraction of sp³-hybridized carbons (Fsp3) is 0.455. The molecule has 0 atom stereocenters. The number of piperazine rings is 1. The minimum Gasteiger partial charge on any atom is -0.369 e. The molecule has 1 aromatic rings. The second-order valence-electron chi connectivity index (χ2n) is 4.47. The molecule has 20 heavy (non-hydrogen) atoms. The van der Waals surface area contributed by atoms with Crippen molar-refractivity contribution in [2.24, 2.45) is 5.11 Å². The van der Waals surface area contributed by atoms with E-state index in [1.807, 2.05) is 4.90 Å². The van der Waals surface area contributed by atoms with Crippen molar-refractivity contribution in [1.29, 1.82) is 0 Å². The predicted octanol–water partition coefficient (Wildman–Crippen LogP) is 1.84. The summed E-state index contributed by atoms with van der Waals surface area (Å²) in [7, 11) is -4.62. The zero-order valence-corrected chi connectivity index (χ0v) is 11.5. The van der Waals surface area contributed by atoms with E-state index in [9.17, 15) is 12.3 Å². The normalized spacial score (nSPS) is 15.8. The van der Waals surface area contributed by atoms with Crippen LogP contribution in [0.5, 0.6) is 0 Å². The molecule has 108 valence electrons. The van der Waals surface area contributed by atoms with Gasteiger partial charge in [0.15, 0.2) is 0 Å². The topological polar surface area (TPSA) is 98.2 Å². The maximum atomic E-state index is 12.8. The molecule has 1 aliphatic heterocycles. The number of nitrogens with one attached hydrogen (secondary N) is 1. The van der Waals surface area contributed by atoms with Crippen LogP contribution >= 0.6 is 0 Å². The Balaban J connectivity index is 2.37. The predicted molar refractivity (Wildman–Crippen MR) is 74.1 cm³/mol. The first-order valence-corrected chi connectivity index (χ1v) is 7.60. The highest BCUT2D eigenvalue weighted by atomic mass is 32.3. The van der Waals surface area contributed by atoms with E-state index in [0.29, 0.717) is 0 Å². The summed E-state index contributed by atoms with van der Waals surface area (Å²) >= 11 is 0. The zero-order valence-electron chi connectivity index (χ0n) is 10.7. The highest BCUT2D eigenvalue weighted by molar-refractivity contribution is 7.85. The van der Waals surface area contributed by atoms with Gasteiger partial charge in [-0.1, -0.05) is 5.11 Å². The van der Waals surface area contributed by atoms with Crippen LogP contribution < -0.4 is 10.2 Å². The Hall–Kier alpha value is -1.83. The van der Waals surface area contributed by atoms with Crippen molar-refractivity contribution >= 4 is 21.6 Å². The molecule has 9 heteroatoms. The summed E-state index contributed by atoms with van der Waals surface area (Å²) in [4.78, 5) is 4.71. The smallest absolute Gasteiger partial charge is 0.306 e. The second-order valence-corrected chi connectivity index (χ2v) is 5.83. The second kappa shape index (κ2) is 6.08. The van der Waals surface area contributed by atoms with Crippen LogP contribution in [0, 0.1) is 0 Å². The van der Waals surface area contributed by atoms with E-state index < -0.39 is 16.0 Å². The average Bonchev–Trinajstić information content (AvgIpc) is 2.38. The van der Waals surface area contributed by atoms with Gasteiger partial charge in [-0.3, -0.25) is 0 Å². The van der Waals surface area contributed by atoms with Gasteiger partial charge in [0, 0.05) is 42.5 Å². The van der Waals surface area contributed by atoms with Gasteiger partial charge < -0.3 is 10.2 Å². The molecule has 0 radical (unpaired) electrons. The Kier molecular flexibility index (Phi) is 4.43. The van der Waals surface area contributed by atoms with Gasteiger partial charge in [-0.15, -0.1) is 3.89 Å². The summed E-state index contributed by atoms with van der Waals surface area (Å²) in [6, 6.07) is 4.65. The molecular formula is C11H14FN5O2S. The van der Waals surface area contributed by atoms with Crippen molar-refractivity contribution in [2.75, 3.05) is 31.1 Å². The number of azide groups is 1. The summed E-state index contributed by atoms with van der Waals surface area (Å²) < 4.78 is 34.3. The Morgan fingerprint density at radius 3 is 2.65 bits per heavy atom. The van der Waals surface area contributed by atoms with Crippen LogP contribution in [0.25, 0.3) is 10.4 Å². The van der Waals surface area contributed by atoms with Crippen molar-refractivity contribution in [3.63, 3.8) is 0 Å². The van der Waals surface area contributed by atoms with E-state index in [1.54, 1.807) is 12.1 Å². The monoisotopic (exact) mass is 299 g/mol.